The number of carbonyl (C=O) groups is 1. The van der Waals surface area contributed by atoms with Crippen molar-refractivity contribution >= 4 is 38.9 Å². The quantitative estimate of drug-likeness (QED) is 0.861. The third-order valence-corrected chi connectivity index (χ3v) is 4.36. The van der Waals surface area contributed by atoms with Gasteiger partial charge >= 0.3 is 0 Å². The fraction of sp³-hybridized carbons (Fsp3) is 0.235. The van der Waals surface area contributed by atoms with E-state index >= 15 is 0 Å². The first-order valence-electron chi connectivity index (χ1n) is 7.23. The third kappa shape index (κ3) is 4.49. The molecule has 0 fully saturated rings. The Bertz CT molecular complexity index is 885. The Balaban J connectivity index is 2.33. The molecular weight excluding hydrogens is 348 g/mol. The molecule has 1 amide bonds. The highest BCUT2D eigenvalue weighted by Gasteiger charge is 2.14. The van der Waals surface area contributed by atoms with Crippen LogP contribution in [0.4, 0.5) is 11.4 Å². The minimum absolute atomic E-state index is 0.171. The van der Waals surface area contributed by atoms with E-state index in [1.165, 1.54) is 12.1 Å². The van der Waals surface area contributed by atoms with Crippen molar-refractivity contribution in [3.8, 4) is 0 Å². The standard InChI is InChI=1S/C17H19ClN2O3S/c1-10-7-11(2)16(12(3)8-10)19-17(21)13-5-6-14(18)15(9-13)20-24(4,22)23/h5-9,20H,1-4H3,(H,19,21). The summed E-state index contributed by atoms with van der Waals surface area (Å²) in [6.07, 6.45) is 1.02. The molecule has 2 rings (SSSR count). The van der Waals surface area contributed by atoms with Gasteiger partial charge in [-0.3, -0.25) is 9.52 Å². The fourth-order valence-electron chi connectivity index (χ4n) is 2.51. The largest absolute Gasteiger partial charge is 0.322 e. The van der Waals surface area contributed by atoms with Gasteiger partial charge in [-0.25, -0.2) is 8.42 Å². The van der Waals surface area contributed by atoms with Gasteiger partial charge in [0.15, 0.2) is 0 Å². The number of hydrogen-bond donors (Lipinski definition) is 2. The molecule has 0 atom stereocenters. The van der Waals surface area contributed by atoms with Crippen LogP contribution in [0.25, 0.3) is 0 Å². The molecule has 0 saturated heterocycles. The molecular formula is C17H19ClN2O3S. The lowest BCUT2D eigenvalue weighted by Gasteiger charge is -2.14. The second kappa shape index (κ2) is 6.83. The highest BCUT2D eigenvalue weighted by molar-refractivity contribution is 7.92. The number of anilines is 2. The predicted octanol–water partition coefficient (Wildman–Crippen LogP) is 3.89. The molecule has 0 aromatic heterocycles. The smallest absolute Gasteiger partial charge is 0.255 e. The summed E-state index contributed by atoms with van der Waals surface area (Å²) in [5.74, 6) is -0.335. The third-order valence-electron chi connectivity index (χ3n) is 3.44. The minimum Gasteiger partial charge on any atom is -0.322 e. The van der Waals surface area contributed by atoms with Crippen molar-refractivity contribution in [1.82, 2.24) is 0 Å². The molecule has 7 heteroatoms. The van der Waals surface area contributed by atoms with Crippen LogP contribution in [0.2, 0.25) is 5.02 Å². The Labute approximate surface area is 147 Å². The highest BCUT2D eigenvalue weighted by Crippen LogP contribution is 2.26. The van der Waals surface area contributed by atoms with Gasteiger partial charge in [-0.2, -0.15) is 0 Å². The molecule has 2 aromatic rings. The Hall–Kier alpha value is -2.05. The topological polar surface area (TPSA) is 75.3 Å². The molecule has 128 valence electrons. The normalized spacial score (nSPS) is 11.2. The molecule has 5 nitrogen and oxygen atoms in total. The summed E-state index contributed by atoms with van der Waals surface area (Å²) in [4.78, 5) is 12.5. The molecule has 0 radical (unpaired) electrons. The van der Waals surface area contributed by atoms with Crippen molar-refractivity contribution in [2.24, 2.45) is 0 Å². The van der Waals surface area contributed by atoms with E-state index in [0.29, 0.717) is 5.56 Å². The molecule has 0 unspecified atom stereocenters. The predicted molar refractivity (Wildman–Crippen MR) is 98.5 cm³/mol. The number of halogens is 1. The van der Waals surface area contributed by atoms with Crippen molar-refractivity contribution in [3.05, 3.63) is 57.6 Å². The number of aryl methyl sites for hydroxylation is 3. The van der Waals surface area contributed by atoms with Gasteiger partial charge in [-0.15, -0.1) is 0 Å². The highest BCUT2D eigenvalue weighted by atomic mass is 35.5. The van der Waals surface area contributed by atoms with Crippen LogP contribution in [0.5, 0.6) is 0 Å². The lowest BCUT2D eigenvalue weighted by molar-refractivity contribution is 0.102. The molecule has 0 aliphatic rings. The second-order valence-corrected chi connectivity index (χ2v) is 7.95. The number of rotatable bonds is 4. The van der Waals surface area contributed by atoms with E-state index in [1.807, 2.05) is 32.9 Å². The fourth-order valence-corrected chi connectivity index (χ4v) is 3.30. The summed E-state index contributed by atoms with van der Waals surface area (Å²) in [5.41, 5.74) is 4.27. The summed E-state index contributed by atoms with van der Waals surface area (Å²) in [6.45, 7) is 5.84. The number of sulfonamides is 1. The number of carbonyl (C=O) groups excluding carboxylic acids is 1. The molecule has 2 aromatic carbocycles. The van der Waals surface area contributed by atoms with Crippen LogP contribution in [0.1, 0.15) is 27.0 Å². The number of hydrogen-bond acceptors (Lipinski definition) is 3. The van der Waals surface area contributed by atoms with E-state index in [2.05, 4.69) is 10.0 Å². The SMILES string of the molecule is Cc1cc(C)c(NC(=O)c2ccc(Cl)c(NS(C)(=O)=O)c2)c(C)c1. The summed E-state index contributed by atoms with van der Waals surface area (Å²) in [7, 11) is -3.49. The zero-order chi connectivity index (χ0) is 18.1. The minimum atomic E-state index is -3.49. The van der Waals surface area contributed by atoms with Gasteiger partial charge in [-0.1, -0.05) is 29.3 Å². The van der Waals surface area contributed by atoms with Gasteiger partial charge in [0, 0.05) is 11.3 Å². The van der Waals surface area contributed by atoms with Crippen LogP contribution in [-0.4, -0.2) is 20.6 Å². The first kappa shape index (κ1) is 18.3. The van der Waals surface area contributed by atoms with Crippen molar-refractivity contribution in [2.75, 3.05) is 16.3 Å². The lowest BCUT2D eigenvalue weighted by atomic mass is 10.0. The zero-order valence-electron chi connectivity index (χ0n) is 13.9. The Morgan fingerprint density at radius 2 is 1.62 bits per heavy atom. The van der Waals surface area contributed by atoms with Crippen LogP contribution in [0.3, 0.4) is 0 Å². The first-order chi connectivity index (χ1) is 11.1. The van der Waals surface area contributed by atoms with Crippen LogP contribution in [-0.2, 0) is 10.0 Å². The van der Waals surface area contributed by atoms with Crippen LogP contribution < -0.4 is 10.0 Å². The van der Waals surface area contributed by atoms with Crippen LogP contribution >= 0.6 is 11.6 Å². The molecule has 24 heavy (non-hydrogen) atoms. The van der Waals surface area contributed by atoms with Crippen LogP contribution in [0, 0.1) is 20.8 Å². The van der Waals surface area contributed by atoms with Crippen molar-refractivity contribution < 1.29 is 13.2 Å². The average Bonchev–Trinajstić information content (AvgIpc) is 2.43. The van der Waals surface area contributed by atoms with Gasteiger partial charge in [0.1, 0.15) is 0 Å². The molecule has 0 aliphatic carbocycles. The first-order valence-corrected chi connectivity index (χ1v) is 9.50. The van der Waals surface area contributed by atoms with Gasteiger partial charge in [0.2, 0.25) is 10.0 Å². The van der Waals surface area contributed by atoms with E-state index in [-0.39, 0.29) is 16.6 Å². The van der Waals surface area contributed by atoms with Crippen molar-refractivity contribution in [2.45, 2.75) is 20.8 Å². The van der Waals surface area contributed by atoms with Crippen molar-refractivity contribution in [1.29, 1.82) is 0 Å². The lowest BCUT2D eigenvalue weighted by Crippen LogP contribution is -2.15. The molecule has 2 N–H and O–H groups in total. The number of nitrogens with one attached hydrogen (secondary N) is 2. The maximum atomic E-state index is 12.5. The van der Waals surface area contributed by atoms with E-state index in [1.54, 1.807) is 6.07 Å². The second-order valence-electron chi connectivity index (χ2n) is 5.80. The van der Waals surface area contributed by atoms with Gasteiger partial charge < -0.3 is 5.32 Å². The maximum absolute atomic E-state index is 12.5. The van der Waals surface area contributed by atoms with Gasteiger partial charge in [-0.05, 0) is 50.1 Å². The number of amides is 1. The van der Waals surface area contributed by atoms with Gasteiger partial charge in [0.05, 0.1) is 17.0 Å². The maximum Gasteiger partial charge on any atom is 0.255 e. The van der Waals surface area contributed by atoms with Crippen molar-refractivity contribution in [3.63, 3.8) is 0 Å². The molecule has 0 heterocycles. The molecule has 0 saturated carbocycles. The number of benzene rings is 2. The Morgan fingerprint density at radius 3 is 2.17 bits per heavy atom. The molecule has 0 bridgehead atoms. The molecule has 0 spiro atoms. The summed E-state index contributed by atoms with van der Waals surface area (Å²) in [6, 6.07) is 8.42. The monoisotopic (exact) mass is 366 g/mol. The van der Waals surface area contributed by atoms with Crippen LogP contribution in [0.15, 0.2) is 30.3 Å². The Morgan fingerprint density at radius 1 is 1.04 bits per heavy atom. The molecule has 0 aliphatic heterocycles. The van der Waals surface area contributed by atoms with E-state index in [0.717, 1.165) is 28.6 Å². The van der Waals surface area contributed by atoms with E-state index in [4.69, 9.17) is 11.6 Å². The van der Waals surface area contributed by atoms with E-state index < -0.39 is 10.0 Å². The zero-order valence-corrected chi connectivity index (χ0v) is 15.5. The summed E-state index contributed by atoms with van der Waals surface area (Å²) in [5, 5.41) is 3.09. The average molecular weight is 367 g/mol. The summed E-state index contributed by atoms with van der Waals surface area (Å²) >= 11 is 5.98. The van der Waals surface area contributed by atoms with E-state index in [9.17, 15) is 13.2 Å². The Kier molecular flexibility index (Phi) is 5.20. The van der Waals surface area contributed by atoms with Gasteiger partial charge in [0.25, 0.3) is 5.91 Å². The summed E-state index contributed by atoms with van der Waals surface area (Å²) < 4.78 is 25.1.